The highest BCUT2D eigenvalue weighted by molar-refractivity contribution is 5.76. The molecule has 0 aliphatic carbocycles. The van der Waals surface area contributed by atoms with Crippen molar-refractivity contribution in [3.63, 3.8) is 0 Å². The zero-order valence-electron chi connectivity index (χ0n) is 15.1. The Labute approximate surface area is 157 Å². The molecule has 3 nitrogen and oxygen atoms in total. The first kappa shape index (κ1) is 17.3. The average molecular weight is 361 g/mol. The summed E-state index contributed by atoms with van der Waals surface area (Å²) in [6, 6.07) is 20.5. The molecule has 0 bridgehead atoms. The van der Waals surface area contributed by atoms with Gasteiger partial charge < -0.3 is 9.15 Å². The molecule has 0 fully saturated rings. The van der Waals surface area contributed by atoms with Gasteiger partial charge in [0.25, 0.3) is 0 Å². The van der Waals surface area contributed by atoms with E-state index in [1.54, 1.807) is 6.07 Å². The Morgan fingerprint density at radius 1 is 0.926 bits per heavy atom. The highest BCUT2D eigenvalue weighted by atomic mass is 19.1. The molecule has 4 rings (SSSR count). The molecular weight excluding hydrogens is 341 g/mol. The lowest BCUT2D eigenvalue weighted by molar-refractivity contribution is 0.294. The smallest absolute Gasteiger partial charge is 0.227 e. The van der Waals surface area contributed by atoms with Crippen molar-refractivity contribution < 1.29 is 13.5 Å². The summed E-state index contributed by atoms with van der Waals surface area (Å²) in [4.78, 5) is 4.50. The molecule has 4 aromatic rings. The maximum Gasteiger partial charge on any atom is 0.227 e. The zero-order valence-corrected chi connectivity index (χ0v) is 15.1. The lowest BCUT2D eigenvalue weighted by Crippen LogP contribution is -1.98. The first-order chi connectivity index (χ1) is 13.2. The number of hydrogen-bond donors (Lipinski definition) is 0. The third-order valence-electron chi connectivity index (χ3n) is 4.45. The van der Waals surface area contributed by atoms with Crippen LogP contribution in [0, 0.1) is 5.82 Å². The molecule has 0 radical (unpaired) electrons. The van der Waals surface area contributed by atoms with Crippen molar-refractivity contribution in [3.8, 4) is 28.3 Å². The van der Waals surface area contributed by atoms with Crippen molar-refractivity contribution >= 4 is 11.1 Å². The third kappa shape index (κ3) is 3.70. The van der Waals surface area contributed by atoms with E-state index in [0.29, 0.717) is 18.2 Å². The van der Waals surface area contributed by atoms with E-state index in [0.717, 1.165) is 40.6 Å². The number of hydrogen-bond acceptors (Lipinski definition) is 3. The number of benzene rings is 3. The van der Waals surface area contributed by atoms with Crippen LogP contribution in [0.1, 0.15) is 19.8 Å². The molecular formula is C23H20FNO2. The van der Waals surface area contributed by atoms with Gasteiger partial charge in [0.05, 0.1) is 6.61 Å². The molecule has 27 heavy (non-hydrogen) atoms. The maximum absolute atomic E-state index is 14.3. The molecule has 0 saturated heterocycles. The number of oxazole rings is 1. The predicted octanol–water partition coefficient (Wildman–Crippen LogP) is 6.48. The van der Waals surface area contributed by atoms with Gasteiger partial charge >= 0.3 is 0 Å². The summed E-state index contributed by atoms with van der Waals surface area (Å²) in [5.74, 6) is 0.538. The number of fused-ring (bicyclic) bond motifs is 1. The molecule has 0 N–H and O–H groups in total. The summed E-state index contributed by atoms with van der Waals surface area (Å²) < 4.78 is 25.5. The molecule has 3 aromatic carbocycles. The van der Waals surface area contributed by atoms with Crippen LogP contribution in [0.3, 0.4) is 0 Å². The number of ether oxygens (including phenoxy) is 1. The standard InChI is InChI=1S/C23H20FNO2/c1-2-3-14-26-21-13-12-18(15-19(21)24)16-8-10-17(11-9-16)23-25-20-6-4-5-7-22(20)27-23/h4-13,15H,2-3,14H2,1H3. The minimum atomic E-state index is -0.341. The lowest BCUT2D eigenvalue weighted by Gasteiger charge is -2.08. The van der Waals surface area contributed by atoms with Crippen LogP contribution in [0.25, 0.3) is 33.7 Å². The van der Waals surface area contributed by atoms with Crippen molar-refractivity contribution in [2.45, 2.75) is 19.8 Å². The van der Waals surface area contributed by atoms with Gasteiger partial charge in [0.15, 0.2) is 17.1 Å². The van der Waals surface area contributed by atoms with E-state index < -0.39 is 0 Å². The normalized spacial score (nSPS) is 11.0. The minimum Gasteiger partial charge on any atom is -0.491 e. The fraction of sp³-hybridized carbons (Fsp3) is 0.174. The Hall–Kier alpha value is -3.14. The fourth-order valence-electron chi connectivity index (χ4n) is 2.92. The van der Waals surface area contributed by atoms with Crippen LogP contribution >= 0.6 is 0 Å². The number of para-hydroxylation sites is 2. The second-order valence-electron chi connectivity index (χ2n) is 6.41. The van der Waals surface area contributed by atoms with Crippen LogP contribution < -0.4 is 4.74 Å². The molecule has 0 spiro atoms. The number of halogens is 1. The summed E-state index contributed by atoms with van der Waals surface area (Å²) in [5.41, 5.74) is 4.21. The van der Waals surface area contributed by atoms with Gasteiger partial charge in [-0.25, -0.2) is 9.37 Å². The molecule has 0 aliphatic rings. The van der Waals surface area contributed by atoms with Gasteiger partial charge in [-0.1, -0.05) is 43.7 Å². The van der Waals surface area contributed by atoms with E-state index in [1.807, 2.05) is 54.6 Å². The van der Waals surface area contributed by atoms with Crippen molar-refractivity contribution in [3.05, 3.63) is 72.5 Å². The van der Waals surface area contributed by atoms with Gasteiger partial charge in [-0.05, 0) is 53.9 Å². The quantitative estimate of drug-likeness (QED) is 0.369. The SMILES string of the molecule is CCCCOc1ccc(-c2ccc(-c3nc4ccccc4o3)cc2)cc1F. The molecule has 136 valence electrons. The van der Waals surface area contributed by atoms with Crippen molar-refractivity contribution in [1.82, 2.24) is 4.98 Å². The summed E-state index contributed by atoms with van der Waals surface area (Å²) in [7, 11) is 0. The molecule has 0 aliphatic heterocycles. The van der Waals surface area contributed by atoms with E-state index in [1.165, 1.54) is 6.07 Å². The number of rotatable bonds is 6. The number of nitrogens with zero attached hydrogens (tertiary/aromatic N) is 1. The summed E-state index contributed by atoms with van der Waals surface area (Å²) >= 11 is 0. The Kier molecular flexibility index (Phi) is 4.88. The van der Waals surface area contributed by atoms with E-state index >= 15 is 0 Å². The van der Waals surface area contributed by atoms with Crippen LogP contribution in [-0.2, 0) is 0 Å². The minimum absolute atomic E-state index is 0.301. The average Bonchev–Trinajstić information content (AvgIpc) is 3.14. The molecule has 0 unspecified atom stereocenters. The van der Waals surface area contributed by atoms with Gasteiger partial charge in [-0.15, -0.1) is 0 Å². The number of aromatic nitrogens is 1. The largest absolute Gasteiger partial charge is 0.491 e. The van der Waals surface area contributed by atoms with Crippen molar-refractivity contribution in [2.75, 3.05) is 6.61 Å². The van der Waals surface area contributed by atoms with E-state index in [-0.39, 0.29) is 5.82 Å². The molecule has 4 heteroatoms. The Morgan fingerprint density at radius 3 is 2.41 bits per heavy atom. The lowest BCUT2D eigenvalue weighted by atomic mass is 10.0. The topological polar surface area (TPSA) is 35.3 Å². The molecule has 0 saturated carbocycles. The second-order valence-corrected chi connectivity index (χ2v) is 6.41. The van der Waals surface area contributed by atoms with Crippen molar-refractivity contribution in [2.24, 2.45) is 0 Å². The maximum atomic E-state index is 14.3. The zero-order chi connectivity index (χ0) is 18.6. The Balaban J connectivity index is 1.55. The Morgan fingerprint density at radius 2 is 1.67 bits per heavy atom. The van der Waals surface area contributed by atoms with Gasteiger partial charge in [0.1, 0.15) is 5.52 Å². The van der Waals surface area contributed by atoms with Gasteiger partial charge in [0.2, 0.25) is 5.89 Å². The van der Waals surface area contributed by atoms with Crippen molar-refractivity contribution in [1.29, 1.82) is 0 Å². The van der Waals surface area contributed by atoms with Crippen LogP contribution in [0.5, 0.6) is 5.75 Å². The first-order valence-electron chi connectivity index (χ1n) is 9.13. The summed E-state index contributed by atoms with van der Waals surface area (Å²) in [5, 5.41) is 0. The van der Waals surface area contributed by atoms with E-state index in [4.69, 9.17) is 9.15 Å². The van der Waals surface area contributed by atoms with Crippen LogP contribution in [0.4, 0.5) is 4.39 Å². The first-order valence-corrected chi connectivity index (χ1v) is 9.13. The monoisotopic (exact) mass is 361 g/mol. The molecule has 1 heterocycles. The Bertz CT molecular complexity index is 1020. The summed E-state index contributed by atoms with van der Waals surface area (Å²) in [6.45, 7) is 2.61. The van der Waals surface area contributed by atoms with E-state index in [2.05, 4.69) is 11.9 Å². The van der Waals surface area contributed by atoms with Gasteiger partial charge in [-0.2, -0.15) is 0 Å². The van der Waals surface area contributed by atoms with Crippen LogP contribution in [0.2, 0.25) is 0 Å². The summed E-state index contributed by atoms with van der Waals surface area (Å²) in [6.07, 6.45) is 1.94. The molecule has 0 atom stereocenters. The predicted molar refractivity (Wildman–Crippen MR) is 105 cm³/mol. The fourth-order valence-corrected chi connectivity index (χ4v) is 2.92. The van der Waals surface area contributed by atoms with Gasteiger partial charge in [-0.3, -0.25) is 0 Å². The second kappa shape index (κ2) is 7.62. The van der Waals surface area contributed by atoms with Gasteiger partial charge in [0, 0.05) is 5.56 Å². The highest BCUT2D eigenvalue weighted by Gasteiger charge is 2.09. The number of unbranched alkanes of at least 4 members (excludes halogenated alkanes) is 1. The highest BCUT2D eigenvalue weighted by Crippen LogP contribution is 2.29. The molecule has 0 amide bonds. The third-order valence-corrected chi connectivity index (χ3v) is 4.45. The van der Waals surface area contributed by atoms with Crippen LogP contribution in [-0.4, -0.2) is 11.6 Å². The van der Waals surface area contributed by atoms with E-state index in [9.17, 15) is 4.39 Å². The molecule has 1 aromatic heterocycles. The van der Waals surface area contributed by atoms with Crippen LogP contribution in [0.15, 0.2) is 71.1 Å².